The first-order valence-corrected chi connectivity index (χ1v) is 10.6. The maximum atomic E-state index is 12.6. The van der Waals surface area contributed by atoms with Gasteiger partial charge in [0.15, 0.2) is 0 Å². The van der Waals surface area contributed by atoms with E-state index in [0.717, 1.165) is 21.7 Å². The van der Waals surface area contributed by atoms with Gasteiger partial charge < -0.3 is 5.32 Å². The minimum Gasteiger partial charge on any atom is -0.354 e. The molecule has 4 nitrogen and oxygen atoms in total. The van der Waals surface area contributed by atoms with Crippen molar-refractivity contribution in [3.8, 4) is 10.6 Å². The minimum absolute atomic E-state index is 0.0486. The summed E-state index contributed by atoms with van der Waals surface area (Å²) in [4.78, 5) is 13.8. The standard InChI is InChI=1S/C24H23N3OS/c28-24(25-14-16-27-15-13-22(26-27)23-12-7-17-29-23)18-21(19-8-3-1-4-9-19)20-10-5-2-6-11-20/h1-13,15,17,21H,14,16,18H2,(H,25,28). The number of carbonyl (C=O) groups is 1. The van der Waals surface area contributed by atoms with Gasteiger partial charge in [0.05, 0.1) is 11.4 Å². The highest BCUT2D eigenvalue weighted by atomic mass is 32.1. The summed E-state index contributed by atoms with van der Waals surface area (Å²) in [5.74, 6) is 0.0980. The molecule has 0 bridgehead atoms. The van der Waals surface area contributed by atoms with Crippen LogP contribution in [-0.4, -0.2) is 22.2 Å². The zero-order valence-corrected chi connectivity index (χ0v) is 16.9. The molecule has 0 saturated carbocycles. The molecule has 2 aromatic heterocycles. The molecule has 0 aliphatic heterocycles. The number of hydrogen-bond acceptors (Lipinski definition) is 3. The fourth-order valence-corrected chi connectivity index (χ4v) is 4.10. The summed E-state index contributed by atoms with van der Waals surface area (Å²) in [6.45, 7) is 1.21. The lowest BCUT2D eigenvalue weighted by atomic mass is 9.88. The number of hydrogen-bond donors (Lipinski definition) is 1. The van der Waals surface area contributed by atoms with Crippen molar-refractivity contribution in [3.05, 3.63) is 102 Å². The molecule has 29 heavy (non-hydrogen) atoms. The summed E-state index contributed by atoms with van der Waals surface area (Å²) in [6.07, 6.45) is 2.38. The van der Waals surface area contributed by atoms with Crippen LogP contribution in [0.5, 0.6) is 0 Å². The van der Waals surface area contributed by atoms with Crippen molar-refractivity contribution in [3.63, 3.8) is 0 Å². The number of carbonyl (C=O) groups excluding carboxylic acids is 1. The second-order valence-corrected chi connectivity index (χ2v) is 7.82. The topological polar surface area (TPSA) is 46.9 Å². The van der Waals surface area contributed by atoms with Gasteiger partial charge in [0, 0.05) is 25.1 Å². The molecule has 0 aliphatic rings. The Hall–Kier alpha value is -3.18. The predicted molar refractivity (Wildman–Crippen MR) is 118 cm³/mol. The van der Waals surface area contributed by atoms with E-state index >= 15 is 0 Å². The molecule has 4 rings (SSSR count). The van der Waals surface area contributed by atoms with E-state index in [4.69, 9.17) is 0 Å². The van der Waals surface area contributed by atoms with Crippen LogP contribution in [0.25, 0.3) is 10.6 Å². The van der Waals surface area contributed by atoms with Gasteiger partial charge in [-0.25, -0.2) is 0 Å². The van der Waals surface area contributed by atoms with E-state index in [-0.39, 0.29) is 11.8 Å². The highest BCUT2D eigenvalue weighted by molar-refractivity contribution is 7.13. The van der Waals surface area contributed by atoms with E-state index < -0.39 is 0 Å². The SMILES string of the molecule is O=C(CC(c1ccccc1)c1ccccc1)NCCn1ccc(-c2cccs2)n1. The Labute approximate surface area is 174 Å². The molecule has 0 aliphatic carbocycles. The average Bonchev–Trinajstić information content (AvgIpc) is 3.45. The second-order valence-electron chi connectivity index (χ2n) is 6.87. The van der Waals surface area contributed by atoms with E-state index in [0.29, 0.717) is 19.5 Å². The zero-order valence-electron chi connectivity index (χ0n) is 16.1. The second kappa shape index (κ2) is 9.34. The molecule has 0 atom stereocenters. The summed E-state index contributed by atoms with van der Waals surface area (Å²) < 4.78 is 1.88. The molecule has 4 aromatic rings. The van der Waals surface area contributed by atoms with Gasteiger partial charge >= 0.3 is 0 Å². The first-order chi connectivity index (χ1) is 14.3. The van der Waals surface area contributed by atoms with Gasteiger partial charge in [0.25, 0.3) is 0 Å². The Kier molecular flexibility index (Phi) is 6.17. The molecule has 1 N–H and O–H groups in total. The van der Waals surface area contributed by atoms with Crippen LogP contribution in [-0.2, 0) is 11.3 Å². The van der Waals surface area contributed by atoms with Crippen molar-refractivity contribution in [1.29, 1.82) is 0 Å². The molecule has 5 heteroatoms. The maximum absolute atomic E-state index is 12.6. The molecule has 0 fully saturated rings. The van der Waals surface area contributed by atoms with Crippen LogP contribution in [0.4, 0.5) is 0 Å². The molecule has 0 radical (unpaired) electrons. The van der Waals surface area contributed by atoms with Crippen LogP contribution in [0.15, 0.2) is 90.4 Å². The largest absolute Gasteiger partial charge is 0.354 e. The van der Waals surface area contributed by atoms with Crippen LogP contribution >= 0.6 is 11.3 Å². The Bertz CT molecular complexity index is 987. The van der Waals surface area contributed by atoms with Gasteiger partial charge in [-0.3, -0.25) is 9.48 Å². The molecule has 2 aromatic carbocycles. The molecular formula is C24H23N3OS. The monoisotopic (exact) mass is 401 g/mol. The summed E-state index contributed by atoms with van der Waals surface area (Å²) in [7, 11) is 0. The zero-order chi connectivity index (χ0) is 19.9. The van der Waals surface area contributed by atoms with E-state index in [2.05, 4.69) is 40.7 Å². The third kappa shape index (κ3) is 5.00. The highest BCUT2D eigenvalue weighted by Gasteiger charge is 2.17. The van der Waals surface area contributed by atoms with E-state index in [9.17, 15) is 4.79 Å². The maximum Gasteiger partial charge on any atom is 0.221 e. The molecule has 2 heterocycles. The lowest BCUT2D eigenvalue weighted by Gasteiger charge is -2.18. The van der Waals surface area contributed by atoms with Crippen molar-refractivity contribution in [2.75, 3.05) is 6.54 Å². The number of thiophene rings is 1. The fraction of sp³-hybridized carbons (Fsp3) is 0.167. The molecule has 1 amide bonds. The van der Waals surface area contributed by atoms with E-state index in [1.807, 2.05) is 64.8 Å². The van der Waals surface area contributed by atoms with Crippen LogP contribution in [0.3, 0.4) is 0 Å². The smallest absolute Gasteiger partial charge is 0.221 e. The van der Waals surface area contributed by atoms with E-state index in [1.165, 1.54) is 0 Å². The Morgan fingerprint density at radius 3 is 2.24 bits per heavy atom. The third-order valence-electron chi connectivity index (χ3n) is 4.87. The highest BCUT2D eigenvalue weighted by Crippen LogP contribution is 2.27. The fourth-order valence-electron chi connectivity index (χ4n) is 3.41. The minimum atomic E-state index is 0.0486. The number of rotatable bonds is 8. The van der Waals surface area contributed by atoms with Gasteiger partial charge in [-0.15, -0.1) is 11.3 Å². The summed E-state index contributed by atoms with van der Waals surface area (Å²) in [5.41, 5.74) is 3.28. The van der Waals surface area contributed by atoms with Crippen LogP contribution < -0.4 is 5.32 Å². The van der Waals surface area contributed by atoms with Gasteiger partial charge in [0.2, 0.25) is 5.91 Å². The number of nitrogens with one attached hydrogen (secondary N) is 1. The van der Waals surface area contributed by atoms with Crippen molar-refractivity contribution in [2.24, 2.45) is 0 Å². The first-order valence-electron chi connectivity index (χ1n) is 9.73. The van der Waals surface area contributed by atoms with Crippen molar-refractivity contribution in [2.45, 2.75) is 18.9 Å². The lowest BCUT2D eigenvalue weighted by Crippen LogP contribution is -2.28. The van der Waals surface area contributed by atoms with Gasteiger partial charge in [-0.05, 0) is 28.6 Å². The van der Waals surface area contributed by atoms with E-state index in [1.54, 1.807) is 11.3 Å². The third-order valence-corrected chi connectivity index (χ3v) is 5.76. The number of benzene rings is 2. The molecule has 0 saturated heterocycles. The Balaban J connectivity index is 1.35. The quantitative estimate of drug-likeness (QED) is 0.454. The van der Waals surface area contributed by atoms with Crippen LogP contribution in [0, 0.1) is 0 Å². The van der Waals surface area contributed by atoms with Crippen molar-refractivity contribution in [1.82, 2.24) is 15.1 Å². The molecule has 0 unspecified atom stereocenters. The molecule has 0 spiro atoms. The normalized spacial score (nSPS) is 10.9. The number of aromatic nitrogens is 2. The average molecular weight is 402 g/mol. The van der Waals surface area contributed by atoms with Crippen molar-refractivity contribution < 1.29 is 4.79 Å². The Morgan fingerprint density at radius 1 is 0.931 bits per heavy atom. The Morgan fingerprint density at radius 2 is 1.62 bits per heavy atom. The molecule has 146 valence electrons. The van der Waals surface area contributed by atoms with Crippen LogP contribution in [0.1, 0.15) is 23.5 Å². The summed E-state index contributed by atoms with van der Waals surface area (Å²) in [5, 5.41) is 9.68. The molecular weight excluding hydrogens is 378 g/mol. The van der Waals surface area contributed by atoms with Crippen LogP contribution in [0.2, 0.25) is 0 Å². The van der Waals surface area contributed by atoms with Crippen molar-refractivity contribution >= 4 is 17.2 Å². The first kappa shape index (κ1) is 19.2. The number of nitrogens with zero attached hydrogens (tertiary/aromatic N) is 2. The summed E-state index contributed by atoms with van der Waals surface area (Å²) in [6, 6.07) is 26.5. The number of amides is 1. The van der Waals surface area contributed by atoms with Gasteiger partial charge in [-0.1, -0.05) is 66.7 Å². The lowest BCUT2D eigenvalue weighted by molar-refractivity contribution is -0.121. The summed E-state index contributed by atoms with van der Waals surface area (Å²) >= 11 is 1.68. The van der Waals surface area contributed by atoms with Gasteiger partial charge in [-0.2, -0.15) is 5.10 Å². The predicted octanol–water partition coefficient (Wildman–Crippen LogP) is 4.95. The van der Waals surface area contributed by atoms with Gasteiger partial charge in [0.1, 0.15) is 5.69 Å².